The van der Waals surface area contributed by atoms with Gasteiger partial charge in [-0.1, -0.05) is 38.8 Å². The van der Waals surface area contributed by atoms with Crippen LogP contribution in [0, 0.1) is 5.92 Å². The monoisotopic (exact) mass is 299 g/mol. The molecule has 1 aromatic rings. The minimum Gasteiger partial charge on any atom is -0.493 e. The number of nitrogens with one attached hydrogen (secondary N) is 1. The second-order valence-electron chi connectivity index (χ2n) is 5.34. The molecule has 114 valence electrons. The van der Waals surface area contributed by atoms with Gasteiger partial charge in [-0.25, -0.2) is 0 Å². The van der Waals surface area contributed by atoms with Gasteiger partial charge in [0.15, 0.2) is 11.5 Å². The van der Waals surface area contributed by atoms with Gasteiger partial charge in [0.25, 0.3) is 0 Å². The molecule has 0 aliphatic rings. The van der Waals surface area contributed by atoms with E-state index in [4.69, 9.17) is 21.1 Å². The molecule has 0 saturated heterocycles. The van der Waals surface area contributed by atoms with Crippen molar-refractivity contribution in [2.24, 2.45) is 5.92 Å². The fourth-order valence-electron chi connectivity index (χ4n) is 1.84. The van der Waals surface area contributed by atoms with Crippen molar-refractivity contribution >= 4 is 11.6 Å². The van der Waals surface area contributed by atoms with Crippen molar-refractivity contribution in [2.45, 2.75) is 40.2 Å². The number of hydrogen-bond acceptors (Lipinski definition) is 3. The topological polar surface area (TPSA) is 30.5 Å². The molecular weight excluding hydrogens is 274 g/mol. The van der Waals surface area contributed by atoms with Crippen LogP contribution in [0.1, 0.15) is 39.2 Å². The van der Waals surface area contributed by atoms with Crippen LogP contribution in [0.25, 0.3) is 0 Å². The van der Waals surface area contributed by atoms with E-state index in [1.165, 1.54) is 0 Å². The molecule has 4 heteroatoms. The van der Waals surface area contributed by atoms with Crippen LogP contribution in [-0.2, 0) is 6.54 Å². The van der Waals surface area contributed by atoms with Crippen molar-refractivity contribution in [3.05, 3.63) is 22.7 Å². The number of halogens is 1. The van der Waals surface area contributed by atoms with E-state index in [-0.39, 0.29) is 0 Å². The second kappa shape index (κ2) is 9.09. The summed E-state index contributed by atoms with van der Waals surface area (Å²) in [4.78, 5) is 0. The molecule has 20 heavy (non-hydrogen) atoms. The molecule has 0 fully saturated rings. The first-order valence-corrected chi connectivity index (χ1v) is 7.66. The zero-order valence-electron chi connectivity index (χ0n) is 13.0. The highest BCUT2D eigenvalue weighted by Crippen LogP contribution is 2.36. The third-order valence-corrected chi connectivity index (χ3v) is 3.20. The molecule has 0 bridgehead atoms. The second-order valence-corrected chi connectivity index (χ2v) is 5.74. The molecule has 1 aromatic carbocycles. The van der Waals surface area contributed by atoms with E-state index < -0.39 is 0 Å². The molecule has 0 saturated carbocycles. The molecule has 0 aliphatic heterocycles. The smallest absolute Gasteiger partial charge is 0.179 e. The Balaban J connectivity index is 2.73. The number of methoxy groups -OCH3 is 1. The number of unbranched alkanes of at least 4 members (excludes halogenated alkanes) is 1. The molecule has 1 rings (SSSR count). The van der Waals surface area contributed by atoms with Gasteiger partial charge in [0, 0.05) is 6.54 Å². The van der Waals surface area contributed by atoms with Gasteiger partial charge in [-0.3, -0.25) is 0 Å². The zero-order valence-corrected chi connectivity index (χ0v) is 13.7. The van der Waals surface area contributed by atoms with Gasteiger partial charge in [-0.15, -0.1) is 0 Å². The van der Waals surface area contributed by atoms with Gasteiger partial charge < -0.3 is 14.8 Å². The molecule has 3 nitrogen and oxygen atoms in total. The summed E-state index contributed by atoms with van der Waals surface area (Å²) in [6.45, 7) is 8.93. The molecule has 0 unspecified atom stereocenters. The Bertz CT molecular complexity index is 408. The Morgan fingerprint density at radius 1 is 1.30 bits per heavy atom. The van der Waals surface area contributed by atoms with Crippen LogP contribution in [0.2, 0.25) is 5.02 Å². The molecule has 0 spiro atoms. The zero-order chi connectivity index (χ0) is 15.0. The minimum absolute atomic E-state index is 0.613. The lowest BCUT2D eigenvalue weighted by Gasteiger charge is -2.15. The summed E-state index contributed by atoms with van der Waals surface area (Å²) in [6.07, 6.45) is 2.11. The van der Waals surface area contributed by atoms with Crippen LogP contribution in [-0.4, -0.2) is 20.3 Å². The van der Waals surface area contributed by atoms with Crippen molar-refractivity contribution in [2.75, 3.05) is 20.3 Å². The summed E-state index contributed by atoms with van der Waals surface area (Å²) >= 11 is 6.30. The lowest BCUT2D eigenvalue weighted by molar-refractivity contribution is 0.288. The molecule has 0 radical (unpaired) electrons. The normalized spacial score (nSPS) is 10.9. The first-order valence-electron chi connectivity index (χ1n) is 7.28. The number of hydrogen-bond donors (Lipinski definition) is 1. The maximum absolute atomic E-state index is 6.30. The highest BCUT2D eigenvalue weighted by atomic mass is 35.5. The summed E-state index contributed by atoms with van der Waals surface area (Å²) in [7, 11) is 1.64. The highest BCUT2D eigenvalue weighted by Gasteiger charge is 2.12. The maximum Gasteiger partial charge on any atom is 0.179 e. The Hall–Kier alpha value is -0.930. The fraction of sp³-hybridized carbons (Fsp3) is 0.625. The van der Waals surface area contributed by atoms with E-state index in [1.807, 2.05) is 12.1 Å². The van der Waals surface area contributed by atoms with Gasteiger partial charge in [0.1, 0.15) is 0 Å². The van der Waals surface area contributed by atoms with Crippen molar-refractivity contribution in [3.63, 3.8) is 0 Å². The Morgan fingerprint density at radius 2 is 2.05 bits per heavy atom. The lowest BCUT2D eigenvalue weighted by atomic mass is 10.1. The maximum atomic E-state index is 6.30. The molecule has 1 N–H and O–H groups in total. The molecule has 0 heterocycles. The standard InChI is InChI=1S/C16H26ClNO2/c1-5-6-7-20-16-14(17)8-13(9-15(16)19-4)11-18-10-12(2)3/h8-9,12,18H,5-7,10-11H2,1-4H3. The van der Waals surface area contributed by atoms with Crippen molar-refractivity contribution in [1.82, 2.24) is 5.32 Å². The first kappa shape index (κ1) is 17.1. The minimum atomic E-state index is 0.613. The van der Waals surface area contributed by atoms with Gasteiger partial charge in [-0.2, -0.15) is 0 Å². The van der Waals surface area contributed by atoms with Crippen molar-refractivity contribution < 1.29 is 9.47 Å². The molecule has 0 amide bonds. The number of ether oxygens (including phenoxy) is 2. The SMILES string of the molecule is CCCCOc1c(Cl)cc(CNCC(C)C)cc1OC. The average molecular weight is 300 g/mol. The number of benzene rings is 1. The van der Waals surface area contributed by atoms with E-state index in [2.05, 4.69) is 26.1 Å². The van der Waals surface area contributed by atoms with Crippen molar-refractivity contribution in [3.8, 4) is 11.5 Å². The molecule has 0 aliphatic carbocycles. The van der Waals surface area contributed by atoms with Crippen LogP contribution in [0.3, 0.4) is 0 Å². The molecular formula is C16H26ClNO2. The lowest BCUT2D eigenvalue weighted by Crippen LogP contribution is -2.19. The summed E-state index contributed by atoms with van der Waals surface area (Å²) in [5, 5.41) is 4.01. The Labute approximate surface area is 127 Å². The van der Waals surface area contributed by atoms with Crippen molar-refractivity contribution in [1.29, 1.82) is 0 Å². The largest absolute Gasteiger partial charge is 0.493 e. The van der Waals surface area contributed by atoms with E-state index >= 15 is 0 Å². The number of rotatable bonds is 9. The van der Waals surface area contributed by atoms with E-state index in [9.17, 15) is 0 Å². The quantitative estimate of drug-likeness (QED) is 0.691. The predicted octanol–water partition coefficient (Wildman–Crippen LogP) is 4.27. The average Bonchev–Trinajstić information content (AvgIpc) is 2.40. The van der Waals surface area contributed by atoms with E-state index in [0.717, 1.165) is 31.5 Å². The van der Waals surface area contributed by atoms with Gasteiger partial charge >= 0.3 is 0 Å². The van der Waals surface area contributed by atoms with Crippen LogP contribution in [0.15, 0.2) is 12.1 Å². The fourth-order valence-corrected chi connectivity index (χ4v) is 2.13. The van der Waals surface area contributed by atoms with Crippen LogP contribution < -0.4 is 14.8 Å². The van der Waals surface area contributed by atoms with E-state index in [0.29, 0.717) is 29.0 Å². The van der Waals surface area contributed by atoms with E-state index in [1.54, 1.807) is 7.11 Å². The van der Waals surface area contributed by atoms with Crippen LogP contribution in [0.4, 0.5) is 0 Å². The van der Waals surface area contributed by atoms with Gasteiger partial charge in [0.2, 0.25) is 0 Å². The summed E-state index contributed by atoms with van der Waals surface area (Å²) in [5.41, 5.74) is 1.11. The molecule has 0 aromatic heterocycles. The highest BCUT2D eigenvalue weighted by molar-refractivity contribution is 6.32. The predicted molar refractivity (Wildman–Crippen MR) is 85.0 cm³/mol. The third kappa shape index (κ3) is 5.59. The van der Waals surface area contributed by atoms with Gasteiger partial charge in [-0.05, 0) is 36.6 Å². The van der Waals surface area contributed by atoms with Crippen LogP contribution >= 0.6 is 11.6 Å². The summed E-state index contributed by atoms with van der Waals surface area (Å²) < 4.78 is 11.1. The van der Waals surface area contributed by atoms with Crippen LogP contribution in [0.5, 0.6) is 11.5 Å². The van der Waals surface area contributed by atoms with Gasteiger partial charge in [0.05, 0.1) is 18.7 Å². The first-order chi connectivity index (χ1) is 9.58. The molecule has 0 atom stereocenters. The Kier molecular flexibility index (Phi) is 7.78. The third-order valence-electron chi connectivity index (χ3n) is 2.92. The summed E-state index contributed by atoms with van der Waals surface area (Å²) in [6, 6.07) is 3.93. The Morgan fingerprint density at radius 3 is 2.65 bits per heavy atom. The summed E-state index contributed by atoms with van der Waals surface area (Å²) in [5.74, 6) is 1.98.